The molecule has 0 fully saturated rings. The van der Waals surface area contributed by atoms with Gasteiger partial charge in [-0.25, -0.2) is 4.39 Å². The van der Waals surface area contributed by atoms with Crippen molar-refractivity contribution in [2.45, 2.75) is 6.29 Å². The Hall–Kier alpha value is -2.57. The first-order chi connectivity index (χ1) is 10.7. The van der Waals surface area contributed by atoms with Crippen molar-refractivity contribution >= 4 is 0 Å². The maximum absolute atomic E-state index is 13.7. The monoisotopic (exact) mass is 300 g/mol. The molecule has 1 heterocycles. The number of rotatable bonds is 4. The third-order valence-electron chi connectivity index (χ3n) is 3.18. The third-order valence-corrected chi connectivity index (χ3v) is 3.18. The standard InChI is InChI=1S/C16H13FN2O3/c1-21-16(20)11-6-4-5-10(9-11)14-18-15(22-19-14)12-7-2-3-8-13(12)17/h2-9,16,20H,1H3. The van der Waals surface area contributed by atoms with E-state index in [-0.39, 0.29) is 11.5 Å². The maximum atomic E-state index is 13.7. The van der Waals surface area contributed by atoms with Gasteiger partial charge in [-0.05, 0) is 18.2 Å². The molecule has 3 aromatic rings. The van der Waals surface area contributed by atoms with Gasteiger partial charge in [0, 0.05) is 18.2 Å². The predicted molar refractivity (Wildman–Crippen MR) is 77.1 cm³/mol. The van der Waals surface area contributed by atoms with Gasteiger partial charge in [0.2, 0.25) is 5.82 Å². The van der Waals surface area contributed by atoms with Crippen LogP contribution in [0.3, 0.4) is 0 Å². The number of halogens is 1. The Morgan fingerprint density at radius 1 is 1.18 bits per heavy atom. The van der Waals surface area contributed by atoms with Gasteiger partial charge in [0.25, 0.3) is 5.89 Å². The molecule has 0 bridgehead atoms. The second kappa shape index (κ2) is 6.05. The molecule has 0 spiro atoms. The van der Waals surface area contributed by atoms with Crippen molar-refractivity contribution in [1.29, 1.82) is 0 Å². The minimum absolute atomic E-state index is 0.103. The van der Waals surface area contributed by atoms with E-state index in [9.17, 15) is 9.50 Å². The molecule has 2 aromatic carbocycles. The molecule has 6 heteroatoms. The topological polar surface area (TPSA) is 68.4 Å². The first-order valence-electron chi connectivity index (χ1n) is 6.59. The van der Waals surface area contributed by atoms with E-state index in [4.69, 9.17) is 9.26 Å². The molecule has 1 aromatic heterocycles. The van der Waals surface area contributed by atoms with Gasteiger partial charge < -0.3 is 14.4 Å². The van der Waals surface area contributed by atoms with Crippen LogP contribution >= 0.6 is 0 Å². The number of ether oxygens (including phenoxy) is 1. The van der Waals surface area contributed by atoms with Gasteiger partial charge in [0.05, 0.1) is 5.56 Å². The van der Waals surface area contributed by atoms with Crippen molar-refractivity contribution in [2.24, 2.45) is 0 Å². The Kier molecular flexibility index (Phi) is 3.95. The average Bonchev–Trinajstić information content (AvgIpc) is 3.04. The number of aliphatic hydroxyl groups is 1. The zero-order valence-corrected chi connectivity index (χ0v) is 11.7. The van der Waals surface area contributed by atoms with Gasteiger partial charge in [-0.2, -0.15) is 4.98 Å². The summed E-state index contributed by atoms with van der Waals surface area (Å²) in [4.78, 5) is 4.20. The highest BCUT2D eigenvalue weighted by atomic mass is 19.1. The van der Waals surface area contributed by atoms with Crippen LogP contribution in [0.25, 0.3) is 22.8 Å². The number of aliphatic hydroxyl groups excluding tert-OH is 1. The van der Waals surface area contributed by atoms with Gasteiger partial charge >= 0.3 is 0 Å². The van der Waals surface area contributed by atoms with Crippen LogP contribution in [0.2, 0.25) is 0 Å². The van der Waals surface area contributed by atoms with Gasteiger partial charge in [0.1, 0.15) is 5.82 Å². The van der Waals surface area contributed by atoms with Crippen LogP contribution in [-0.4, -0.2) is 22.4 Å². The van der Waals surface area contributed by atoms with E-state index >= 15 is 0 Å². The Balaban J connectivity index is 1.96. The SMILES string of the molecule is COC(O)c1cccc(-c2noc(-c3ccccc3F)n2)c1. The normalized spacial score (nSPS) is 12.3. The van der Waals surface area contributed by atoms with E-state index in [1.165, 1.54) is 13.2 Å². The summed E-state index contributed by atoms with van der Waals surface area (Å²) in [6, 6.07) is 13.1. The van der Waals surface area contributed by atoms with E-state index in [1.54, 1.807) is 42.5 Å². The molecule has 0 amide bonds. The summed E-state index contributed by atoms with van der Waals surface area (Å²) in [6.45, 7) is 0. The lowest BCUT2D eigenvalue weighted by molar-refractivity contribution is -0.0769. The van der Waals surface area contributed by atoms with Crippen LogP contribution in [0.4, 0.5) is 4.39 Å². The molecule has 22 heavy (non-hydrogen) atoms. The largest absolute Gasteiger partial charge is 0.364 e. The lowest BCUT2D eigenvalue weighted by Crippen LogP contribution is -1.99. The number of hydrogen-bond acceptors (Lipinski definition) is 5. The molecule has 0 saturated carbocycles. The Labute approximate surface area is 126 Å². The number of hydrogen-bond donors (Lipinski definition) is 1. The second-order valence-electron chi connectivity index (χ2n) is 4.62. The Morgan fingerprint density at radius 3 is 2.77 bits per heavy atom. The summed E-state index contributed by atoms with van der Waals surface area (Å²) < 4.78 is 23.7. The highest BCUT2D eigenvalue weighted by molar-refractivity contribution is 5.60. The number of benzene rings is 2. The van der Waals surface area contributed by atoms with Gasteiger partial charge in [0.15, 0.2) is 6.29 Å². The molecule has 0 radical (unpaired) electrons. The quantitative estimate of drug-likeness (QED) is 0.749. The lowest BCUT2D eigenvalue weighted by atomic mass is 10.1. The van der Waals surface area contributed by atoms with Crippen molar-refractivity contribution in [3.63, 3.8) is 0 Å². The first-order valence-corrected chi connectivity index (χ1v) is 6.59. The molecule has 0 aliphatic carbocycles. The van der Waals surface area contributed by atoms with E-state index in [0.717, 1.165) is 0 Å². The maximum Gasteiger partial charge on any atom is 0.261 e. The molecule has 1 atom stereocenters. The first kappa shape index (κ1) is 14.4. The Morgan fingerprint density at radius 2 is 2.00 bits per heavy atom. The van der Waals surface area contributed by atoms with Crippen LogP contribution in [-0.2, 0) is 4.74 Å². The fraction of sp³-hybridized carbons (Fsp3) is 0.125. The smallest absolute Gasteiger partial charge is 0.261 e. The second-order valence-corrected chi connectivity index (χ2v) is 4.62. The van der Waals surface area contributed by atoms with Crippen molar-refractivity contribution in [3.05, 3.63) is 59.9 Å². The zero-order valence-electron chi connectivity index (χ0n) is 11.7. The van der Waals surface area contributed by atoms with Gasteiger partial charge in [-0.15, -0.1) is 0 Å². The van der Waals surface area contributed by atoms with E-state index in [1.807, 2.05) is 0 Å². The van der Waals surface area contributed by atoms with E-state index in [0.29, 0.717) is 17.0 Å². The predicted octanol–water partition coefficient (Wildman–Crippen LogP) is 3.18. The third kappa shape index (κ3) is 2.74. The van der Waals surface area contributed by atoms with Crippen molar-refractivity contribution < 1.29 is 18.8 Å². The molecule has 0 aliphatic rings. The summed E-state index contributed by atoms with van der Waals surface area (Å²) in [5, 5.41) is 13.5. The van der Waals surface area contributed by atoms with Crippen molar-refractivity contribution in [3.8, 4) is 22.8 Å². The minimum Gasteiger partial charge on any atom is -0.364 e. The molecular weight excluding hydrogens is 287 g/mol. The highest BCUT2D eigenvalue weighted by Crippen LogP contribution is 2.25. The molecule has 112 valence electrons. The summed E-state index contributed by atoms with van der Waals surface area (Å²) in [5.74, 6) is -0.0181. The van der Waals surface area contributed by atoms with E-state index < -0.39 is 12.1 Å². The van der Waals surface area contributed by atoms with Gasteiger partial charge in [-0.1, -0.05) is 35.5 Å². The summed E-state index contributed by atoms with van der Waals surface area (Å²) in [7, 11) is 1.40. The number of aromatic nitrogens is 2. The summed E-state index contributed by atoms with van der Waals surface area (Å²) in [6.07, 6.45) is -1.03. The summed E-state index contributed by atoms with van der Waals surface area (Å²) in [5.41, 5.74) is 1.45. The number of nitrogens with zero attached hydrogens (tertiary/aromatic N) is 2. The van der Waals surface area contributed by atoms with Crippen LogP contribution in [0, 0.1) is 5.82 Å². The van der Waals surface area contributed by atoms with Crippen molar-refractivity contribution in [2.75, 3.05) is 7.11 Å². The molecule has 5 nitrogen and oxygen atoms in total. The van der Waals surface area contributed by atoms with Crippen LogP contribution in [0.15, 0.2) is 53.1 Å². The molecule has 3 rings (SSSR count). The molecule has 0 saturated heterocycles. The Bertz CT molecular complexity index is 788. The molecule has 1 unspecified atom stereocenters. The lowest BCUT2D eigenvalue weighted by Gasteiger charge is -2.08. The van der Waals surface area contributed by atoms with E-state index in [2.05, 4.69) is 10.1 Å². The molecular formula is C16H13FN2O3. The molecule has 0 aliphatic heterocycles. The zero-order chi connectivity index (χ0) is 15.5. The molecule has 1 N–H and O–H groups in total. The van der Waals surface area contributed by atoms with Crippen LogP contribution in [0.1, 0.15) is 11.9 Å². The number of methoxy groups -OCH3 is 1. The highest BCUT2D eigenvalue weighted by Gasteiger charge is 2.15. The fourth-order valence-corrected chi connectivity index (χ4v) is 2.05. The summed E-state index contributed by atoms with van der Waals surface area (Å²) >= 11 is 0. The fourth-order valence-electron chi connectivity index (χ4n) is 2.05. The van der Waals surface area contributed by atoms with Crippen LogP contribution < -0.4 is 0 Å². The van der Waals surface area contributed by atoms with Crippen LogP contribution in [0.5, 0.6) is 0 Å². The average molecular weight is 300 g/mol. The minimum atomic E-state index is -1.03. The van der Waals surface area contributed by atoms with Crippen molar-refractivity contribution in [1.82, 2.24) is 10.1 Å². The van der Waals surface area contributed by atoms with Gasteiger partial charge in [-0.3, -0.25) is 0 Å².